The Morgan fingerprint density at radius 3 is 1.76 bits per heavy atom. The second kappa shape index (κ2) is 8.09. The first-order chi connectivity index (χ1) is 13.8. The third-order valence-electron chi connectivity index (χ3n) is 4.81. The van der Waals surface area contributed by atoms with E-state index in [4.69, 9.17) is 4.74 Å². The molecule has 3 rings (SSSR count). The summed E-state index contributed by atoms with van der Waals surface area (Å²) < 4.78 is 5.18. The highest BCUT2D eigenvalue weighted by Gasteiger charge is 2.29. The molecule has 0 unspecified atom stereocenters. The number of hydrogen-bond acceptors (Lipinski definition) is 7. The lowest BCUT2D eigenvalue weighted by atomic mass is 9.89. The van der Waals surface area contributed by atoms with Crippen molar-refractivity contribution in [3.05, 3.63) is 72.8 Å². The second-order valence-corrected chi connectivity index (χ2v) is 6.68. The summed E-state index contributed by atoms with van der Waals surface area (Å²) in [7, 11) is 1.55. The van der Waals surface area contributed by atoms with Gasteiger partial charge in [-0.15, -0.1) is 0 Å². The lowest BCUT2D eigenvalue weighted by Crippen LogP contribution is -2.10. The van der Waals surface area contributed by atoms with Gasteiger partial charge in [0.15, 0.2) is 0 Å². The zero-order chi connectivity index (χ0) is 21.1. The van der Waals surface area contributed by atoms with E-state index < -0.39 is 9.85 Å². The number of aryl methyl sites for hydroxylation is 2. The summed E-state index contributed by atoms with van der Waals surface area (Å²) in [6.07, 6.45) is 0.437. The summed E-state index contributed by atoms with van der Waals surface area (Å²) in [5.41, 5.74) is 2.01. The van der Waals surface area contributed by atoms with Crippen LogP contribution in [-0.2, 0) is 12.8 Å². The summed E-state index contributed by atoms with van der Waals surface area (Å²) >= 11 is 0. The smallest absolute Gasteiger partial charge is 0.312 e. The van der Waals surface area contributed by atoms with Crippen LogP contribution in [-0.4, -0.2) is 37.4 Å². The number of hydrogen-bond donors (Lipinski definition) is 2. The first kappa shape index (κ1) is 20.0. The summed E-state index contributed by atoms with van der Waals surface area (Å²) in [5.74, 6) is 0.347. The molecule has 29 heavy (non-hydrogen) atoms. The van der Waals surface area contributed by atoms with Crippen molar-refractivity contribution < 1.29 is 14.6 Å². The van der Waals surface area contributed by atoms with Crippen LogP contribution in [0.4, 0.5) is 11.4 Å². The number of methoxy groups -OCH3 is 1. The standard InChI is InChI=1S/C18H20N6O5/c1-10-17(23(25)26)15(21-19-10)8-13(12-4-6-14(29-3)7-5-12)9-16-18(24(27)28)11(2)20-22-16/h4-7,13H,8-9H2,1-3H3,(H,19,21)(H,20,22). The Hall–Kier alpha value is -3.76. The molecule has 0 radical (unpaired) electrons. The minimum Gasteiger partial charge on any atom is -0.497 e. The number of ether oxygens (including phenoxy) is 1. The van der Waals surface area contributed by atoms with Crippen molar-refractivity contribution in [2.24, 2.45) is 0 Å². The Labute approximate surface area is 165 Å². The highest BCUT2D eigenvalue weighted by molar-refractivity contribution is 5.44. The van der Waals surface area contributed by atoms with E-state index in [9.17, 15) is 20.2 Å². The fourth-order valence-corrected chi connectivity index (χ4v) is 3.37. The quantitative estimate of drug-likeness (QED) is 0.435. The van der Waals surface area contributed by atoms with E-state index in [0.717, 1.165) is 5.56 Å². The predicted octanol–water partition coefficient (Wildman–Crippen LogP) is 3.14. The molecule has 0 atom stereocenters. The maximum Gasteiger partial charge on any atom is 0.312 e. The molecule has 0 aliphatic carbocycles. The largest absolute Gasteiger partial charge is 0.497 e. The maximum absolute atomic E-state index is 11.4. The van der Waals surface area contributed by atoms with Gasteiger partial charge >= 0.3 is 11.4 Å². The number of aromatic amines is 2. The van der Waals surface area contributed by atoms with Crippen LogP contribution in [0.1, 0.15) is 34.3 Å². The first-order valence-corrected chi connectivity index (χ1v) is 8.82. The highest BCUT2D eigenvalue weighted by Crippen LogP contribution is 2.33. The molecule has 2 aromatic heterocycles. The average Bonchev–Trinajstić information content (AvgIpc) is 3.23. The van der Waals surface area contributed by atoms with Gasteiger partial charge in [-0.25, -0.2) is 0 Å². The van der Waals surface area contributed by atoms with Crippen LogP contribution in [0.25, 0.3) is 0 Å². The van der Waals surface area contributed by atoms with Crippen LogP contribution in [0.2, 0.25) is 0 Å². The molecule has 0 amide bonds. The van der Waals surface area contributed by atoms with Gasteiger partial charge in [-0.3, -0.25) is 30.4 Å². The van der Waals surface area contributed by atoms with Gasteiger partial charge < -0.3 is 4.74 Å². The summed E-state index contributed by atoms with van der Waals surface area (Å²) in [6, 6.07) is 7.22. The van der Waals surface area contributed by atoms with Gasteiger partial charge in [-0.2, -0.15) is 10.2 Å². The van der Waals surface area contributed by atoms with Crippen LogP contribution < -0.4 is 4.74 Å². The van der Waals surface area contributed by atoms with Crippen LogP contribution in [0.15, 0.2) is 24.3 Å². The Balaban J connectivity index is 2.00. The molecule has 1 aromatic carbocycles. The van der Waals surface area contributed by atoms with Gasteiger partial charge in [0.05, 0.1) is 17.0 Å². The van der Waals surface area contributed by atoms with Crippen molar-refractivity contribution in [1.29, 1.82) is 0 Å². The average molecular weight is 400 g/mol. The minimum atomic E-state index is -0.472. The van der Waals surface area contributed by atoms with E-state index in [1.54, 1.807) is 33.1 Å². The van der Waals surface area contributed by atoms with E-state index in [-0.39, 0.29) is 30.1 Å². The third kappa shape index (κ3) is 4.08. The van der Waals surface area contributed by atoms with E-state index >= 15 is 0 Å². The maximum atomic E-state index is 11.4. The Bertz CT molecular complexity index is 979. The molecule has 11 nitrogen and oxygen atoms in total. The molecular weight excluding hydrogens is 380 g/mol. The third-order valence-corrected chi connectivity index (χ3v) is 4.81. The fraction of sp³-hybridized carbons (Fsp3) is 0.333. The molecule has 11 heteroatoms. The number of H-pyrrole nitrogens is 2. The van der Waals surface area contributed by atoms with Gasteiger partial charge in [-0.1, -0.05) is 12.1 Å². The molecule has 0 aliphatic heterocycles. The second-order valence-electron chi connectivity index (χ2n) is 6.68. The molecule has 0 spiro atoms. The molecule has 2 N–H and O–H groups in total. The Morgan fingerprint density at radius 2 is 1.38 bits per heavy atom. The molecule has 2 heterocycles. The van der Waals surface area contributed by atoms with Gasteiger partial charge in [0, 0.05) is 12.8 Å². The number of aromatic nitrogens is 4. The van der Waals surface area contributed by atoms with Crippen molar-refractivity contribution in [2.45, 2.75) is 32.6 Å². The molecule has 0 saturated heterocycles. The molecule has 0 bridgehead atoms. The van der Waals surface area contributed by atoms with Crippen LogP contribution in [0, 0.1) is 34.1 Å². The number of nitrogens with one attached hydrogen (secondary N) is 2. The summed E-state index contributed by atoms with van der Waals surface area (Å²) in [5, 5.41) is 36.3. The fourth-order valence-electron chi connectivity index (χ4n) is 3.37. The summed E-state index contributed by atoms with van der Waals surface area (Å²) in [6.45, 7) is 3.16. The number of nitro groups is 2. The minimum absolute atomic E-state index is 0.0729. The van der Waals surface area contributed by atoms with E-state index in [2.05, 4.69) is 20.4 Å². The van der Waals surface area contributed by atoms with E-state index in [1.807, 2.05) is 12.1 Å². The molecule has 0 aliphatic rings. The summed E-state index contributed by atoms with van der Waals surface area (Å²) in [4.78, 5) is 21.9. The molecule has 152 valence electrons. The molecular formula is C18H20N6O5. The monoisotopic (exact) mass is 400 g/mol. The number of rotatable bonds is 8. The van der Waals surface area contributed by atoms with E-state index in [1.165, 1.54) is 0 Å². The van der Waals surface area contributed by atoms with Crippen molar-refractivity contribution in [3.63, 3.8) is 0 Å². The zero-order valence-electron chi connectivity index (χ0n) is 16.1. The molecule has 3 aromatic rings. The van der Waals surface area contributed by atoms with Crippen molar-refractivity contribution >= 4 is 11.4 Å². The van der Waals surface area contributed by atoms with Crippen LogP contribution in [0.5, 0.6) is 5.75 Å². The van der Waals surface area contributed by atoms with Crippen molar-refractivity contribution in [2.75, 3.05) is 7.11 Å². The molecule has 0 saturated carbocycles. The van der Waals surface area contributed by atoms with Gasteiger partial charge in [0.1, 0.15) is 28.5 Å². The first-order valence-electron chi connectivity index (χ1n) is 8.82. The van der Waals surface area contributed by atoms with Crippen LogP contribution >= 0.6 is 0 Å². The molecule has 0 fully saturated rings. The van der Waals surface area contributed by atoms with Crippen LogP contribution in [0.3, 0.4) is 0 Å². The Morgan fingerprint density at radius 1 is 0.931 bits per heavy atom. The van der Waals surface area contributed by atoms with Gasteiger partial charge in [0.25, 0.3) is 0 Å². The van der Waals surface area contributed by atoms with Gasteiger partial charge in [-0.05, 0) is 37.5 Å². The highest BCUT2D eigenvalue weighted by atomic mass is 16.6. The SMILES string of the molecule is COc1ccc(C(Cc2n[nH]c(C)c2[N+](=O)[O-])Cc2n[nH]c(C)c2[N+](=O)[O-])cc1. The normalized spacial score (nSPS) is 11.0. The van der Waals surface area contributed by atoms with Crippen molar-refractivity contribution in [3.8, 4) is 5.75 Å². The lowest BCUT2D eigenvalue weighted by molar-refractivity contribution is -0.386. The van der Waals surface area contributed by atoms with Gasteiger partial charge in [0.2, 0.25) is 0 Å². The number of nitrogens with zero attached hydrogens (tertiary/aromatic N) is 4. The lowest BCUT2D eigenvalue weighted by Gasteiger charge is -2.15. The topological polar surface area (TPSA) is 153 Å². The zero-order valence-corrected chi connectivity index (χ0v) is 16.1. The Kier molecular flexibility index (Phi) is 5.57. The number of benzene rings is 1. The van der Waals surface area contributed by atoms with E-state index in [0.29, 0.717) is 28.5 Å². The van der Waals surface area contributed by atoms with Crippen molar-refractivity contribution in [1.82, 2.24) is 20.4 Å². The predicted molar refractivity (Wildman–Crippen MR) is 103 cm³/mol.